The zero-order chi connectivity index (χ0) is 20.0. The molecule has 0 aliphatic carbocycles. The fourth-order valence-electron chi connectivity index (χ4n) is 2.52. The molecule has 0 radical (unpaired) electrons. The summed E-state index contributed by atoms with van der Waals surface area (Å²) in [4.78, 5) is 35.0. The Labute approximate surface area is 158 Å². The van der Waals surface area contributed by atoms with Crippen LogP contribution in [0.3, 0.4) is 0 Å². The van der Waals surface area contributed by atoms with E-state index >= 15 is 0 Å². The summed E-state index contributed by atoms with van der Waals surface area (Å²) < 4.78 is 31.1. The van der Waals surface area contributed by atoms with E-state index in [1.165, 1.54) is 28.6 Å². The minimum atomic E-state index is -3.56. The predicted molar refractivity (Wildman–Crippen MR) is 96.5 cm³/mol. The van der Waals surface area contributed by atoms with Crippen molar-refractivity contribution in [2.45, 2.75) is 37.6 Å². The molecule has 0 bridgehead atoms. The van der Waals surface area contributed by atoms with Gasteiger partial charge in [-0.2, -0.15) is 4.31 Å². The normalized spacial score (nSPS) is 14.8. The number of nitrogens with one attached hydrogen (secondary N) is 2. The van der Waals surface area contributed by atoms with Crippen LogP contribution < -0.4 is 10.6 Å². The van der Waals surface area contributed by atoms with Gasteiger partial charge in [0, 0.05) is 19.1 Å². The van der Waals surface area contributed by atoms with E-state index in [2.05, 4.69) is 5.32 Å². The van der Waals surface area contributed by atoms with Gasteiger partial charge in [0.15, 0.2) is 6.61 Å². The standard InChI is InChI=1S/C17H23N3O6S/c1-12(2)18-17(23)19-15(21)11-26-16(22)13-5-7-14(8-6-13)27(24,25)20-9-3-4-10-20/h5-8,12H,3-4,9-11H2,1-2H3,(H2,18,19,21,23). The highest BCUT2D eigenvalue weighted by Gasteiger charge is 2.27. The van der Waals surface area contributed by atoms with Crippen molar-refractivity contribution in [2.24, 2.45) is 0 Å². The van der Waals surface area contributed by atoms with Crippen LogP contribution in [-0.2, 0) is 19.6 Å². The maximum absolute atomic E-state index is 12.4. The molecule has 0 unspecified atom stereocenters. The van der Waals surface area contributed by atoms with Crippen molar-refractivity contribution in [1.29, 1.82) is 0 Å². The second-order valence-corrected chi connectivity index (χ2v) is 8.33. The second kappa shape index (κ2) is 8.96. The number of hydrogen-bond donors (Lipinski definition) is 2. The second-order valence-electron chi connectivity index (χ2n) is 6.39. The van der Waals surface area contributed by atoms with Gasteiger partial charge in [0.25, 0.3) is 5.91 Å². The number of sulfonamides is 1. The van der Waals surface area contributed by atoms with Gasteiger partial charge in [-0.05, 0) is 51.0 Å². The molecule has 1 fully saturated rings. The van der Waals surface area contributed by atoms with Crippen molar-refractivity contribution in [3.05, 3.63) is 29.8 Å². The number of rotatable bonds is 6. The van der Waals surface area contributed by atoms with Crippen LogP contribution in [0.25, 0.3) is 0 Å². The quantitative estimate of drug-likeness (QED) is 0.687. The molecule has 1 aromatic carbocycles. The molecule has 1 heterocycles. The first-order chi connectivity index (χ1) is 12.7. The van der Waals surface area contributed by atoms with Crippen LogP contribution in [0.5, 0.6) is 0 Å². The van der Waals surface area contributed by atoms with Gasteiger partial charge in [-0.25, -0.2) is 18.0 Å². The van der Waals surface area contributed by atoms with Crippen LogP contribution in [0.2, 0.25) is 0 Å². The van der Waals surface area contributed by atoms with Gasteiger partial charge < -0.3 is 10.1 Å². The van der Waals surface area contributed by atoms with Crippen LogP contribution in [0.4, 0.5) is 4.79 Å². The number of nitrogens with zero attached hydrogens (tertiary/aromatic N) is 1. The molecule has 0 aromatic heterocycles. The van der Waals surface area contributed by atoms with Gasteiger partial charge in [0.05, 0.1) is 10.5 Å². The minimum Gasteiger partial charge on any atom is -0.452 e. The third-order valence-corrected chi connectivity index (χ3v) is 5.71. The maximum Gasteiger partial charge on any atom is 0.338 e. The Bertz CT molecular complexity index is 798. The lowest BCUT2D eigenvalue weighted by atomic mass is 10.2. The van der Waals surface area contributed by atoms with Crippen molar-refractivity contribution in [3.63, 3.8) is 0 Å². The van der Waals surface area contributed by atoms with Gasteiger partial charge in [0.2, 0.25) is 10.0 Å². The Kier molecular flexibility index (Phi) is 6.92. The van der Waals surface area contributed by atoms with Crippen molar-refractivity contribution >= 4 is 27.9 Å². The Morgan fingerprint density at radius 2 is 1.70 bits per heavy atom. The van der Waals surface area contributed by atoms with Crippen LogP contribution in [0.15, 0.2) is 29.2 Å². The fraction of sp³-hybridized carbons (Fsp3) is 0.471. The molecule has 148 valence electrons. The zero-order valence-electron chi connectivity index (χ0n) is 15.2. The van der Waals surface area contributed by atoms with Crippen molar-refractivity contribution in [2.75, 3.05) is 19.7 Å². The van der Waals surface area contributed by atoms with Gasteiger partial charge in [-0.3, -0.25) is 10.1 Å². The van der Waals surface area contributed by atoms with Crippen LogP contribution in [0, 0.1) is 0 Å². The largest absolute Gasteiger partial charge is 0.452 e. The number of amides is 3. The minimum absolute atomic E-state index is 0.101. The first kappa shape index (κ1) is 20.8. The molecule has 1 saturated heterocycles. The van der Waals surface area contributed by atoms with Crippen molar-refractivity contribution in [3.8, 4) is 0 Å². The molecule has 1 aromatic rings. The van der Waals surface area contributed by atoms with Gasteiger partial charge in [-0.15, -0.1) is 0 Å². The average molecular weight is 397 g/mol. The van der Waals surface area contributed by atoms with E-state index in [0.717, 1.165) is 12.8 Å². The molecule has 0 spiro atoms. The van der Waals surface area contributed by atoms with E-state index in [1.54, 1.807) is 13.8 Å². The summed E-state index contributed by atoms with van der Waals surface area (Å²) in [7, 11) is -3.56. The number of urea groups is 1. The Morgan fingerprint density at radius 1 is 1.11 bits per heavy atom. The molecule has 3 amide bonds. The molecule has 0 atom stereocenters. The van der Waals surface area contributed by atoms with E-state index in [4.69, 9.17) is 4.74 Å². The molecule has 2 rings (SSSR count). The number of carbonyl (C=O) groups is 3. The number of carbonyl (C=O) groups excluding carboxylic acids is 3. The molecular weight excluding hydrogens is 374 g/mol. The summed E-state index contributed by atoms with van der Waals surface area (Å²) in [5.41, 5.74) is 0.106. The van der Waals surface area contributed by atoms with E-state index in [9.17, 15) is 22.8 Å². The lowest BCUT2D eigenvalue weighted by Crippen LogP contribution is -2.44. The molecule has 2 N–H and O–H groups in total. The van der Waals surface area contributed by atoms with E-state index in [1.807, 2.05) is 5.32 Å². The molecule has 1 aliphatic rings. The van der Waals surface area contributed by atoms with Crippen LogP contribution in [-0.4, -0.2) is 56.4 Å². The Morgan fingerprint density at radius 3 is 2.26 bits per heavy atom. The third kappa shape index (κ3) is 5.76. The summed E-state index contributed by atoms with van der Waals surface area (Å²) in [6.45, 7) is 3.82. The molecular formula is C17H23N3O6S. The SMILES string of the molecule is CC(C)NC(=O)NC(=O)COC(=O)c1ccc(S(=O)(=O)N2CCCC2)cc1. The van der Waals surface area contributed by atoms with Crippen molar-refractivity contribution < 1.29 is 27.5 Å². The predicted octanol–water partition coefficient (Wildman–Crippen LogP) is 0.862. The van der Waals surface area contributed by atoms with Crippen LogP contribution >= 0.6 is 0 Å². The highest BCUT2D eigenvalue weighted by molar-refractivity contribution is 7.89. The molecule has 27 heavy (non-hydrogen) atoms. The summed E-state index contributed by atoms with van der Waals surface area (Å²) in [5, 5.41) is 4.49. The molecule has 10 heteroatoms. The number of hydrogen-bond acceptors (Lipinski definition) is 6. The smallest absolute Gasteiger partial charge is 0.338 e. The fourth-order valence-corrected chi connectivity index (χ4v) is 4.03. The lowest BCUT2D eigenvalue weighted by Gasteiger charge is -2.15. The highest BCUT2D eigenvalue weighted by atomic mass is 32.2. The zero-order valence-corrected chi connectivity index (χ0v) is 16.0. The summed E-state index contributed by atoms with van der Waals surface area (Å²) in [6, 6.07) is 4.50. The Hall–Kier alpha value is -2.46. The van der Waals surface area contributed by atoms with E-state index in [-0.39, 0.29) is 16.5 Å². The average Bonchev–Trinajstić information content (AvgIpc) is 3.14. The molecule has 1 aliphatic heterocycles. The molecule has 0 saturated carbocycles. The first-order valence-electron chi connectivity index (χ1n) is 8.58. The van der Waals surface area contributed by atoms with Gasteiger partial charge >= 0.3 is 12.0 Å². The number of ether oxygens (including phenoxy) is 1. The summed E-state index contributed by atoms with van der Waals surface area (Å²) in [6.07, 6.45) is 1.67. The lowest BCUT2D eigenvalue weighted by molar-refractivity contribution is -0.123. The summed E-state index contributed by atoms with van der Waals surface area (Å²) in [5.74, 6) is -1.56. The van der Waals surface area contributed by atoms with Gasteiger partial charge in [-0.1, -0.05) is 0 Å². The van der Waals surface area contributed by atoms with E-state index < -0.39 is 34.5 Å². The van der Waals surface area contributed by atoms with E-state index in [0.29, 0.717) is 13.1 Å². The summed E-state index contributed by atoms with van der Waals surface area (Å²) >= 11 is 0. The topological polar surface area (TPSA) is 122 Å². The number of benzene rings is 1. The van der Waals surface area contributed by atoms with Crippen molar-refractivity contribution in [1.82, 2.24) is 14.9 Å². The maximum atomic E-state index is 12.4. The highest BCUT2D eigenvalue weighted by Crippen LogP contribution is 2.21. The number of esters is 1. The Balaban J connectivity index is 1.90. The first-order valence-corrected chi connectivity index (χ1v) is 10.0. The third-order valence-electron chi connectivity index (χ3n) is 3.80. The monoisotopic (exact) mass is 397 g/mol. The van der Waals surface area contributed by atoms with Crippen LogP contribution in [0.1, 0.15) is 37.0 Å². The number of imide groups is 1. The molecule has 9 nitrogen and oxygen atoms in total. The van der Waals surface area contributed by atoms with Gasteiger partial charge in [0.1, 0.15) is 0 Å².